The van der Waals surface area contributed by atoms with Crippen LogP contribution in [0.1, 0.15) is 86.5 Å². The van der Waals surface area contributed by atoms with Crippen LogP contribution in [-0.2, 0) is 14.3 Å². The van der Waals surface area contributed by atoms with Gasteiger partial charge in [0.25, 0.3) is 0 Å². The van der Waals surface area contributed by atoms with Crippen molar-refractivity contribution in [1.82, 2.24) is 0 Å². The fourth-order valence-electron chi connectivity index (χ4n) is 10.7. The Hall–Kier alpha value is -0.690. The molecule has 0 bridgehead atoms. The molecule has 0 amide bonds. The molecule has 0 aromatic heterocycles. The molecule has 7 N–H and O–H groups in total. The number of aliphatic hydroxyl groups excluding tert-OH is 7. The first-order chi connectivity index (χ1) is 20.6. The minimum Gasteiger partial charge on any atom is -0.394 e. The van der Waals surface area contributed by atoms with Crippen molar-refractivity contribution in [2.24, 2.45) is 58.2 Å². The Morgan fingerprint density at radius 3 is 2.20 bits per heavy atom. The summed E-state index contributed by atoms with van der Waals surface area (Å²) in [4.78, 5) is 13.6. The molecule has 4 saturated carbocycles. The van der Waals surface area contributed by atoms with Crippen LogP contribution < -0.4 is 0 Å². The van der Waals surface area contributed by atoms with E-state index in [1.54, 1.807) is 0 Å². The summed E-state index contributed by atoms with van der Waals surface area (Å²) < 4.78 is 12.0. The van der Waals surface area contributed by atoms with Gasteiger partial charge in [-0.05, 0) is 90.8 Å². The van der Waals surface area contributed by atoms with E-state index in [0.717, 1.165) is 25.7 Å². The smallest absolute Gasteiger partial charge is 0.187 e. The molecule has 18 atom stereocenters. The van der Waals surface area contributed by atoms with Gasteiger partial charge in [-0.3, -0.25) is 4.79 Å². The van der Waals surface area contributed by atoms with Crippen molar-refractivity contribution in [1.29, 1.82) is 0 Å². The molecule has 5 fully saturated rings. The molecular formula is C34H58O10. The fourth-order valence-corrected chi connectivity index (χ4v) is 10.7. The number of fused-ring (bicyclic) bond motifs is 5. The van der Waals surface area contributed by atoms with Gasteiger partial charge in [0, 0.05) is 12.3 Å². The Kier molecular flexibility index (Phi) is 10.0. The maximum Gasteiger partial charge on any atom is 0.187 e. The summed E-state index contributed by atoms with van der Waals surface area (Å²) in [5.41, 5.74) is -0.410. The Balaban J connectivity index is 1.36. The van der Waals surface area contributed by atoms with Crippen molar-refractivity contribution in [3.8, 4) is 0 Å². The van der Waals surface area contributed by atoms with Crippen molar-refractivity contribution in [2.75, 3.05) is 6.61 Å². The van der Waals surface area contributed by atoms with Gasteiger partial charge in [-0.2, -0.15) is 0 Å². The van der Waals surface area contributed by atoms with Crippen molar-refractivity contribution >= 4 is 5.78 Å². The lowest BCUT2D eigenvalue weighted by atomic mass is 9.44. The summed E-state index contributed by atoms with van der Waals surface area (Å²) in [6.07, 6.45) is -5.19. The van der Waals surface area contributed by atoms with E-state index >= 15 is 0 Å². The molecule has 1 saturated heterocycles. The quantitative estimate of drug-likeness (QED) is 0.210. The highest BCUT2D eigenvalue weighted by Crippen LogP contribution is 2.68. The highest BCUT2D eigenvalue weighted by molar-refractivity contribution is 5.83. The van der Waals surface area contributed by atoms with Gasteiger partial charge >= 0.3 is 0 Å². The van der Waals surface area contributed by atoms with E-state index in [9.17, 15) is 40.5 Å². The van der Waals surface area contributed by atoms with E-state index in [2.05, 4.69) is 20.8 Å². The van der Waals surface area contributed by atoms with Crippen LogP contribution in [0.15, 0.2) is 0 Å². The lowest BCUT2D eigenvalue weighted by molar-refractivity contribution is -0.324. The second-order valence-corrected chi connectivity index (χ2v) is 16.2. The molecule has 254 valence electrons. The number of hydrogen-bond acceptors (Lipinski definition) is 10. The van der Waals surface area contributed by atoms with Crippen molar-refractivity contribution in [3.05, 3.63) is 0 Å². The number of carbonyl (C=O) groups excluding carboxylic acids is 1. The molecule has 1 aliphatic heterocycles. The number of Topliss-reactive ketones (excluding diaryl/α,β-unsaturated/α-hetero) is 1. The first-order valence-corrected chi connectivity index (χ1v) is 17.1. The minimum atomic E-state index is -1.56. The van der Waals surface area contributed by atoms with Crippen LogP contribution in [0.5, 0.6) is 0 Å². The second kappa shape index (κ2) is 12.7. The van der Waals surface area contributed by atoms with Gasteiger partial charge < -0.3 is 45.2 Å². The molecule has 5 aliphatic rings. The molecule has 4 aliphatic carbocycles. The third kappa shape index (κ3) is 5.62. The maximum absolute atomic E-state index is 13.6. The molecular weight excluding hydrogens is 568 g/mol. The lowest BCUT2D eigenvalue weighted by Crippen LogP contribution is -2.61. The predicted molar refractivity (Wildman–Crippen MR) is 161 cm³/mol. The maximum atomic E-state index is 13.6. The van der Waals surface area contributed by atoms with Gasteiger partial charge in [0.2, 0.25) is 0 Å². The van der Waals surface area contributed by atoms with Crippen LogP contribution in [0, 0.1) is 58.2 Å². The standard InChI is InChI=1S/C34H58O10/c1-15(2)16(3)31(44-32-30(42)29(41)28(40)26(14-35)43-32)27(39)17(4)19-7-8-20-18-11-23(36)22-12-24(37)25(38)13-34(22,6)21(18)9-10-33(19,20)5/h15-22,24-32,35,37-42H,7-14H2,1-6H3/t16-,17-,18-,19+,20-,21-,22+,24-,25+,26+,27+,28+,29-,30+,31+,32+,33+,34+/m0/s1. The average Bonchev–Trinajstić information content (AvgIpc) is 3.33. The Morgan fingerprint density at radius 1 is 0.909 bits per heavy atom. The number of carbonyl (C=O) groups is 1. The summed E-state index contributed by atoms with van der Waals surface area (Å²) in [6.45, 7) is 12.1. The topological polar surface area (TPSA) is 177 Å². The fraction of sp³-hybridized carbons (Fsp3) is 0.971. The van der Waals surface area contributed by atoms with Crippen LogP contribution in [0.3, 0.4) is 0 Å². The highest BCUT2D eigenvalue weighted by atomic mass is 16.7. The molecule has 10 heteroatoms. The van der Waals surface area contributed by atoms with Gasteiger partial charge in [0.15, 0.2) is 6.29 Å². The van der Waals surface area contributed by atoms with Crippen molar-refractivity contribution < 1.29 is 50.0 Å². The van der Waals surface area contributed by atoms with Gasteiger partial charge in [0.05, 0.1) is 31.0 Å². The van der Waals surface area contributed by atoms with E-state index in [1.807, 2.05) is 20.8 Å². The van der Waals surface area contributed by atoms with E-state index in [1.165, 1.54) is 0 Å². The molecule has 0 aromatic carbocycles. The first kappa shape index (κ1) is 34.6. The average molecular weight is 627 g/mol. The summed E-state index contributed by atoms with van der Waals surface area (Å²) in [5, 5.41) is 74.0. The van der Waals surface area contributed by atoms with Gasteiger partial charge in [-0.15, -0.1) is 0 Å². The third-order valence-corrected chi connectivity index (χ3v) is 13.8. The monoisotopic (exact) mass is 626 g/mol. The molecule has 0 spiro atoms. The zero-order valence-electron chi connectivity index (χ0n) is 27.3. The van der Waals surface area contributed by atoms with Crippen LogP contribution >= 0.6 is 0 Å². The molecule has 0 unspecified atom stereocenters. The normalized spacial score (nSPS) is 50.4. The van der Waals surface area contributed by atoms with Gasteiger partial charge in [-0.1, -0.05) is 41.5 Å². The van der Waals surface area contributed by atoms with Crippen LogP contribution in [-0.4, -0.2) is 103 Å². The van der Waals surface area contributed by atoms with E-state index in [4.69, 9.17) is 9.47 Å². The summed E-state index contributed by atoms with van der Waals surface area (Å²) in [5.74, 6) is 0.847. The van der Waals surface area contributed by atoms with Crippen molar-refractivity contribution in [3.63, 3.8) is 0 Å². The Morgan fingerprint density at radius 2 is 1.57 bits per heavy atom. The van der Waals surface area contributed by atoms with Crippen molar-refractivity contribution in [2.45, 2.75) is 142 Å². The molecule has 10 nitrogen and oxygen atoms in total. The van der Waals surface area contributed by atoms with Gasteiger partial charge in [-0.25, -0.2) is 0 Å². The first-order valence-electron chi connectivity index (χ1n) is 17.1. The van der Waals surface area contributed by atoms with E-state index in [-0.39, 0.29) is 52.1 Å². The van der Waals surface area contributed by atoms with Crippen LogP contribution in [0.2, 0.25) is 0 Å². The number of aliphatic hydroxyl groups is 7. The molecule has 0 radical (unpaired) electrons. The molecule has 1 heterocycles. The van der Waals surface area contributed by atoms with Crippen LogP contribution in [0.4, 0.5) is 0 Å². The summed E-state index contributed by atoms with van der Waals surface area (Å²) >= 11 is 0. The van der Waals surface area contributed by atoms with Crippen LogP contribution in [0.25, 0.3) is 0 Å². The SMILES string of the molecule is CC(C)[C@H](C)[C@@H](O[C@H]1O[C@H](CO)[C@@H](O)[C@H](O)[C@H]1O)[C@H](O)[C@@H](C)[C@H]1CC[C@H]2[C@@H]3CC(=O)[C@H]4C[C@H](O)[C@H](O)C[C@]4(C)[C@H]3CC[C@]12C. The molecule has 5 rings (SSSR count). The summed E-state index contributed by atoms with van der Waals surface area (Å²) in [7, 11) is 0. The second-order valence-electron chi connectivity index (χ2n) is 16.2. The predicted octanol–water partition coefficient (Wildman–Crippen LogP) is 1.63. The number of ether oxygens (including phenoxy) is 2. The zero-order valence-corrected chi connectivity index (χ0v) is 27.3. The molecule has 0 aromatic rings. The Labute approximate surface area is 262 Å². The largest absolute Gasteiger partial charge is 0.394 e. The van der Waals surface area contributed by atoms with E-state index < -0.39 is 61.7 Å². The van der Waals surface area contributed by atoms with Gasteiger partial charge in [0.1, 0.15) is 30.2 Å². The Bertz CT molecular complexity index is 1020. The minimum absolute atomic E-state index is 0.0907. The zero-order chi connectivity index (χ0) is 32.5. The number of ketones is 1. The number of hydrogen-bond donors (Lipinski definition) is 7. The summed E-state index contributed by atoms with van der Waals surface area (Å²) in [6, 6.07) is 0. The number of rotatable bonds is 8. The third-order valence-electron chi connectivity index (χ3n) is 13.8. The molecule has 44 heavy (non-hydrogen) atoms. The van der Waals surface area contributed by atoms with E-state index in [0.29, 0.717) is 31.1 Å². The highest BCUT2D eigenvalue weighted by Gasteiger charge is 2.64. The lowest BCUT2D eigenvalue weighted by Gasteiger charge is -2.61.